The molecule has 3 aromatic rings. The smallest absolute Gasteiger partial charge is 0.124 e. The number of nitrogens with one attached hydrogen (secondary N) is 1. The second-order valence-corrected chi connectivity index (χ2v) is 8.16. The molecule has 0 unspecified atom stereocenters. The molecule has 2 nitrogen and oxygen atoms in total. The van der Waals surface area contributed by atoms with Crippen molar-refractivity contribution in [1.29, 1.82) is 0 Å². The van der Waals surface area contributed by atoms with Crippen molar-refractivity contribution in [2.75, 3.05) is 0 Å². The molecular formula is C23H25Cl2NO. The third-order valence-corrected chi connectivity index (χ3v) is 5.77. The fraction of sp³-hybridized carbons (Fsp3) is 0.304. The van der Waals surface area contributed by atoms with Gasteiger partial charge in [0.1, 0.15) is 12.4 Å². The van der Waals surface area contributed by atoms with Crippen LogP contribution in [-0.2, 0) is 13.2 Å². The Morgan fingerprint density at radius 2 is 1.59 bits per heavy atom. The van der Waals surface area contributed by atoms with Crippen LogP contribution in [0.4, 0.5) is 0 Å². The van der Waals surface area contributed by atoms with Crippen LogP contribution in [0.5, 0.6) is 5.75 Å². The van der Waals surface area contributed by atoms with Gasteiger partial charge in [0.05, 0.1) is 0 Å². The number of fused-ring (bicyclic) bond motifs is 1. The summed E-state index contributed by atoms with van der Waals surface area (Å²) in [5, 5.41) is 7.28. The minimum absolute atomic E-state index is 0.0558. The first-order valence-corrected chi connectivity index (χ1v) is 9.98. The van der Waals surface area contributed by atoms with Crippen LogP contribution in [-0.4, -0.2) is 5.54 Å². The lowest BCUT2D eigenvalue weighted by molar-refractivity contribution is 0.299. The molecule has 142 valence electrons. The van der Waals surface area contributed by atoms with Gasteiger partial charge in [-0.1, -0.05) is 66.5 Å². The van der Waals surface area contributed by atoms with Gasteiger partial charge in [0, 0.05) is 33.3 Å². The van der Waals surface area contributed by atoms with Crippen LogP contribution in [0.25, 0.3) is 10.8 Å². The van der Waals surface area contributed by atoms with Gasteiger partial charge in [-0.15, -0.1) is 0 Å². The first-order valence-electron chi connectivity index (χ1n) is 9.22. The average molecular weight is 402 g/mol. The Morgan fingerprint density at radius 1 is 0.889 bits per heavy atom. The molecule has 0 aliphatic rings. The maximum absolute atomic E-state index is 6.29. The topological polar surface area (TPSA) is 21.3 Å². The van der Waals surface area contributed by atoms with E-state index < -0.39 is 0 Å². The summed E-state index contributed by atoms with van der Waals surface area (Å²) in [4.78, 5) is 0. The molecule has 0 saturated heterocycles. The number of ether oxygens (including phenoxy) is 1. The van der Waals surface area contributed by atoms with Gasteiger partial charge in [0.25, 0.3) is 0 Å². The second-order valence-electron chi connectivity index (χ2n) is 7.34. The SMILES string of the molecule is CCC(C)(C)NCc1c(OCc2c(Cl)cccc2Cl)ccc2ccccc12. The first kappa shape index (κ1) is 20.0. The molecule has 0 amide bonds. The third-order valence-electron chi connectivity index (χ3n) is 5.06. The third kappa shape index (κ3) is 4.76. The number of hydrogen-bond acceptors (Lipinski definition) is 2. The molecule has 4 heteroatoms. The molecule has 0 aromatic heterocycles. The summed E-state index contributed by atoms with van der Waals surface area (Å²) in [7, 11) is 0. The fourth-order valence-electron chi connectivity index (χ4n) is 2.91. The molecule has 0 aliphatic heterocycles. The van der Waals surface area contributed by atoms with Crippen LogP contribution in [0.2, 0.25) is 10.0 Å². The molecule has 27 heavy (non-hydrogen) atoms. The summed E-state index contributed by atoms with van der Waals surface area (Å²) < 4.78 is 6.18. The van der Waals surface area contributed by atoms with Crippen LogP contribution in [0.3, 0.4) is 0 Å². The van der Waals surface area contributed by atoms with Crippen molar-refractivity contribution < 1.29 is 4.74 Å². The Bertz CT molecular complexity index is 917. The average Bonchev–Trinajstić information content (AvgIpc) is 2.66. The predicted molar refractivity (Wildman–Crippen MR) is 116 cm³/mol. The minimum Gasteiger partial charge on any atom is -0.488 e. The summed E-state index contributed by atoms with van der Waals surface area (Å²) in [6, 6.07) is 18.0. The standard InChI is InChI=1S/C23H25Cl2NO/c1-4-23(2,3)26-14-18-17-9-6-5-8-16(17)12-13-22(18)27-15-19-20(24)10-7-11-21(19)25/h5-13,26H,4,14-15H2,1-3H3. The maximum atomic E-state index is 6.29. The van der Waals surface area contributed by atoms with Crippen LogP contribution in [0.1, 0.15) is 38.3 Å². The van der Waals surface area contributed by atoms with Gasteiger partial charge in [-0.05, 0) is 49.2 Å². The van der Waals surface area contributed by atoms with E-state index in [4.69, 9.17) is 27.9 Å². The lowest BCUT2D eigenvalue weighted by Crippen LogP contribution is -2.37. The lowest BCUT2D eigenvalue weighted by Gasteiger charge is -2.26. The van der Waals surface area contributed by atoms with Gasteiger partial charge >= 0.3 is 0 Å². The second kappa shape index (κ2) is 8.52. The van der Waals surface area contributed by atoms with E-state index in [0.717, 1.165) is 29.8 Å². The monoisotopic (exact) mass is 401 g/mol. The molecule has 0 bridgehead atoms. The van der Waals surface area contributed by atoms with Crippen molar-refractivity contribution in [1.82, 2.24) is 5.32 Å². The summed E-state index contributed by atoms with van der Waals surface area (Å²) >= 11 is 12.6. The van der Waals surface area contributed by atoms with Crippen molar-refractivity contribution in [2.45, 2.75) is 45.9 Å². The number of hydrogen-bond donors (Lipinski definition) is 1. The van der Waals surface area contributed by atoms with Gasteiger partial charge in [0.15, 0.2) is 0 Å². The highest BCUT2D eigenvalue weighted by molar-refractivity contribution is 6.35. The number of halogens is 2. The summed E-state index contributed by atoms with van der Waals surface area (Å²) in [6.07, 6.45) is 1.04. The van der Waals surface area contributed by atoms with Crippen LogP contribution >= 0.6 is 23.2 Å². The lowest BCUT2D eigenvalue weighted by atomic mass is 9.99. The van der Waals surface area contributed by atoms with Gasteiger partial charge in [0.2, 0.25) is 0 Å². The number of benzene rings is 3. The van der Waals surface area contributed by atoms with E-state index >= 15 is 0 Å². The highest BCUT2D eigenvalue weighted by atomic mass is 35.5. The molecule has 0 fully saturated rings. The molecule has 0 saturated carbocycles. The van der Waals surface area contributed by atoms with E-state index in [0.29, 0.717) is 16.7 Å². The van der Waals surface area contributed by atoms with E-state index in [1.54, 1.807) is 0 Å². The van der Waals surface area contributed by atoms with Crippen molar-refractivity contribution >= 4 is 34.0 Å². The van der Waals surface area contributed by atoms with Crippen molar-refractivity contribution in [3.8, 4) is 5.75 Å². The zero-order valence-corrected chi connectivity index (χ0v) is 17.5. The summed E-state index contributed by atoms with van der Waals surface area (Å²) in [5.74, 6) is 0.851. The molecule has 0 heterocycles. The molecule has 3 aromatic carbocycles. The summed E-state index contributed by atoms with van der Waals surface area (Å²) in [5.41, 5.74) is 2.01. The Hall–Kier alpha value is -1.74. The quantitative estimate of drug-likeness (QED) is 0.459. The van der Waals surface area contributed by atoms with Crippen molar-refractivity contribution in [3.63, 3.8) is 0 Å². The van der Waals surface area contributed by atoms with E-state index in [2.05, 4.69) is 56.4 Å². The molecule has 3 rings (SSSR count). The predicted octanol–water partition coefficient (Wildman–Crippen LogP) is 7.00. The van der Waals surface area contributed by atoms with Gasteiger partial charge < -0.3 is 10.1 Å². The zero-order chi connectivity index (χ0) is 19.4. The summed E-state index contributed by atoms with van der Waals surface area (Å²) in [6.45, 7) is 7.67. The molecule has 0 spiro atoms. The minimum atomic E-state index is 0.0558. The van der Waals surface area contributed by atoms with Crippen LogP contribution in [0.15, 0.2) is 54.6 Å². The zero-order valence-electron chi connectivity index (χ0n) is 16.0. The Labute approximate surface area is 171 Å². The van der Waals surface area contributed by atoms with Crippen LogP contribution in [0, 0.1) is 0 Å². The molecule has 1 N–H and O–H groups in total. The number of rotatable bonds is 7. The van der Waals surface area contributed by atoms with Gasteiger partial charge in [-0.2, -0.15) is 0 Å². The van der Waals surface area contributed by atoms with Crippen molar-refractivity contribution in [2.24, 2.45) is 0 Å². The molecular weight excluding hydrogens is 377 g/mol. The van der Waals surface area contributed by atoms with Gasteiger partial charge in [-0.3, -0.25) is 0 Å². The largest absolute Gasteiger partial charge is 0.488 e. The van der Waals surface area contributed by atoms with E-state index in [-0.39, 0.29) is 5.54 Å². The normalized spacial score (nSPS) is 11.7. The Kier molecular flexibility index (Phi) is 6.31. The van der Waals surface area contributed by atoms with Crippen LogP contribution < -0.4 is 10.1 Å². The van der Waals surface area contributed by atoms with E-state index in [9.17, 15) is 0 Å². The van der Waals surface area contributed by atoms with Gasteiger partial charge in [-0.25, -0.2) is 0 Å². The van der Waals surface area contributed by atoms with E-state index in [1.807, 2.05) is 24.3 Å². The fourth-order valence-corrected chi connectivity index (χ4v) is 3.41. The Balaban J connectivity index is 1.93. The highest BCUT2D eigenvalue weighted by Crippen LogP contribution is 2.31. The molecule has 0 radical (unpaired) electrons. The molecule has 0 aliphatic carbocycles. The van der Waals surface area contributed by atoms with Crippen molar-refractivity contribution in [3.05, 3.63) is 75.8 Å². The first-order chi connectivity index (χ1) is 12.9. The maximum Gasteiger partial charge on any atom is 0.124 e. The highest BCUT2D eigenvalue weighted by Gasteiger charge is 2.17. The molecule has 0 atom stereocenters. The Morgan fingerprint density at radius 3 is 2.30 bits per heavy atom. The van der Waals surface area contributed by atoms with E-state index in [1.165, 1.54) is 10.8 Å².